The summed E-state index contributed by atoms with van der Waals surface area (Å²) in [6, 6.07) is 3.56. The summed E-state index contributed by atoms with van der Waals surface area (Å²) in [4.78, 5) is 26.0. The number of hydrogen-bond acceptors (Lipinski definition) is 3. The Hall–Kier alpha value is -1.78. The monoisotopic (exact) mass is 292 g/mol. The maximum atomic E-state index is 12.3. The Morgan fingerprint density at radius 1 is 1.43 bits per heavy atom. The Balaban J connectivity index is 1.91. The Bertz CT molecular complexity index is 521. The summed E-state index contributed by atoms with van der Waals surface area (Å²) in [5.74, 6) is 1.73. The fourth-order valence-electron chi connectivity index (χ4n) is 2.65. The summed E-state index contributed by atoms with van der Waals surface area (Å²) in [6.45, 7) is 9.14. The molecule has 2 rings (SSSR count). The first-order chi connectivity index (χ1) is 9.86. The maximum absolute atomic E-state index is 12.3. The van der Waals surface area contributed by atoms with E-state index < -0.39 is 0 Å². The summed E-state index contributed by atoms with van der Waals surface area (Å²) in [5, 5.41) is 2.93. The average molecular weight is 292 g/mol. The van der Waals surface area contributed by atoms with Gasteiger partial charge in [0.2, 0.25) is 11.8 Å². The second-order valence-electron chi connectivity index (χ2n) is 6.27. The van der Waals surface area contributed by atoms with Crippen molar-refractivity contribution in [3.63, 3.8) is 0 Å². The van der Waals surface area contributed by atoms with Crippen molar-refractivity contribution in [2.45, 2.75) is 40.2 Å². The highest BCUT2D eigenvalue weighted by Gasteiger charge is 2.35. The van der Waals surface area contributed by atoms with Gasteiger partial charge in [-0.25, -0.2) is 0 Å². The van der Waals surface area contributed by atoms with Gasteiger partial charge in [-0.2, -0.15) is 0 Å². The number of carbonyl (C=O) groups excluding carboxylic acids is 2. The van der Waals surface area contributed by atoms with Gasteiger partial charge in [0.25, 0.3) is 0 Å². The van der Waals surface area contributed by atoms with Gasteiger partial charge in [-0.15, -0.1) is 0 Å². The molecule has 2 amide bonds. The third-order valence-electron chi connectivity index (χ3n) is 3.72. The molecule has 5 heteroatoms. The van der Waals surface area contributed by atoms with E-state index >= 15 is 0 Å². The van der Waals surface area contributed by atoms with Crippen LogP contribution in [0.5, 0.6) is 0 Å². The number of furan rings is 1. The van der Waals surface area contributed by atoms with E-state index in [9.17, 15) is 9.59 Å². The van der Waals surface area contributed by atoms with E-state index in [0.717, 1.165) is 18.1 Å². The Morgan fingerprint density at radius 3 is 2.71 bits per heavy atom. The number of aryl methyl sites for hydroxylation is 1. The zero-order valence-electron chi connectivity index (χ0n) is 13.2. The van der Waals surface area contributed by atoms with Gasteiger partial charge in [-0.05, 0) is 31.9 Å². The molecule has 1 aliphatic heterocycles. The molecule has 0 spiro atoms. The maximum Gasteiger partial charge on any atom is 0.226 e. The van der Waals surface area contributed by atoms with Gasteiger partial charge in [0.15, 0.2) is 0 Å². The lowest BCUT2D eigenvalue weighted by Gasteiger charge is -2.19. The molecule has 1 saturated heterocycles. The molecular weight excluding hydrogens is 268 g/mol. The first kappa shape index (κ1) is 15.6. The summed E-state index contributed by atoms with van der Waals surface area (Å²) < 4.78 is 5.51. The molecule has 1 aromatic rings. The predicted octanol–water partition coefficient (Wildman–Crippen LogP) is 2.27. The van der Waals surface area contributed by atoms with Gasteiger partial charge < -0.3 is 14.6 Å². The van der Waals surface area contributed by atoms with Crippen LogP contribution in [0, 0.1) is 18.8 Å². The van der Waals surface area contributed by atoms with E-state index in [2.05, 4.69) is 19.2 Å². The number of nitrogens with zero attached hydrogens (tertiary/aromatic N) is 1. The summed E-state index contributed by atoms with van der Waals surface area (Å²) in [6.07, 6.45) is 0.308. The average Bonchev–Trinajstić information content (AvgIpc) is 2.96. The van der Waals surface area contributed by atoms with Crippen LogP contribution in [0.15, 0.2) is 16.5 Å². The SMILES string of the molecule is Cc1ccc([C@@H](C)NC(=O)[C@@H]2CC(=O)N(CC(C)C)C2)o1. The second-order valence-corrected chi connectivity index (χ2v) is 6.27. The Kier molecular flexibility index (Phi) is 4.70. The van der Waals surface area contributed by atoms with E-state index in [1.165, 1.54) is 0 Å². The molecule has 2 atom stereocenters. The highest BCUT2D eigenvalue weighted by Crippen LogP contribution is 2.21. The largest absolute Gasteiger partial charge is 0.464 e. The molecule has 116 valence electrons. The highest BCUT2D eigenvalue weighted by atomic mass is 16.3. The number of amides is 2. The smallest absolute Gasteiger partial charge is 0.226 e. The van der Waals surface area contributed by atoms with E-state index in [0.29, 0.717) is 18.9 Å². The van der Waals surface area contributed by atoms with E-state index in [1.807, 2.05) is 26.0 Å². The van der Waals surface area contributed by atoms with Crippen LogP contribution in [-0.2, 0) is 9.59 Å². The van der Waals surface area contributed by atoms with Crippen LogP contribution in [0.3, 0.4) is 0 Å². The lowest BCUT2D eigenvalue weighted by atomic mass is 10.1. The van der Waals surface area contributed by atoms with Gasteiger partial charge in [0.05, 0.1) is 12.0 Å². The molecule has 0 bridgehead atoms. The van der Waals surface area contributed by atoms with Crippen molar-refractivity contribution in [2.24, 2.45) is 11.8 Å². The molecular formula is C16H24N2O3. The van der Waals surface area contributed by atoms with Crippen molar-refractivity contribution in [3.8, 4) is 0 Å². The summed E-state index contributed by atoms with van der Waals surface area (Å²) in [5.41, 5.74) is 0. The minimum absolute atomic E-state index is 0.0730. The van der Waals surface area contributed by atoms with Gasteiger partial charge in [0.1, 0.15) is 11.5 Å². The molecule has 0 saturated carbocycles. The van der Waals surface area contributed by atoms with Crippen molar-refractivity contribution in [3.05, 3.63) is 23.7 Å². The van der Waals surface area contributed by atoms with E-state index in [1.54, 1.807) is 4.90 Å². The molecule has 1 aromatic heterocycles. The number of hydrogen-bond donors (Lipinski definition) is 1. The van der Waals surface area contributed by atoms with Crippen molar-refractivity contribution in [2.75, 3.05) is 13.1 Å². The van der Waals surface area contributed by atoms with Crippen LogP contribution >= 0.6 is 0 Å². The molecule has 0 radical (unpaired) electrons. The quantitative estimate of drug-likeness (QED) is 0.905. The molecule has 2 heterocycles. The molecule has 0 unspecified atom stereocenters. The Morgan fingerprint density at radius 2 is 2.14 bits per heavy atom. The third kappa shape index (κ3) is 3.86. The van der Waals surface area contributed by atoms with Crippen molar-refractivity contribution in [1.29, 1.82) is 0 Å². The second kappa shape index (κ2) is 6.33. The third-order valence-corrected chi connectivity index (χ3v) is 3.72. The molecule has 21 heavy (non-hydrogen) atoms. The highest BCUT2D eigenvalue weighted by molar-refractivity contribution is 5.89. The van der Waals surface area contributed by atoms with Gasteiger partial charge in [0, 0.05) is 19.5 Å². The molecule has 5 nitrogen and oxygen atoms in total. The topological polar surface area (TPSA) is 62.6 Å². The molecule has 1 N–H and O–H groups in total. The number of likely N-dealkylation sites (tertiary alicyclic amines) is 1. The van der Waals surface area contributed by atoms with Crippen LogP contribution in [-0.4, -0.2) is 29.8 Å². The minimum atomic E-state index is -0.255. The van der Waals surface area contributed by atoms with Gasteiger partial charge in [-0.1, -0.05) is 13.8 Å². The van der Waals surface area contributed by atoms with Crippen LogP contribution in [0.1, 0.15) is 44.8 Å². The zero-order valence-corrected chi connectivity index (χ0v) is 13.2. The fraction of sp³-hybridized carbons (Fsp3) is 0.625. The summed E-state index contributed by atoms with van der Waals surface area (Å²) in [7, 11) is 0. The van der Waals surface area contributed by atoms with E-state index in [-0.39, 0.29) is 23.8 Å². The lowest BCUT2D eigenvalue weighted by molar-refractivity contribution is -0.129. The first-order valence-corrected chi connectivity index (χ1v) is 7.51. The predicted molar refractivity (Wildman–Crippen MR) is 79.5 cm³/mol. The Labute approximate surface area is 125 Å². The standard InChI is InChI=1S/C16H24N2O3/c1-10(2)8-18-9-13(7-15(18)19)16(20)17-12(4)14-6-5-11(3)21-14/h5-6,10,12-13H,7-9H2,1-4H3,(H,17,20)/t12-,13-/m1/s1. The van der Waals surface area contributed by atoms with Crippen LogP contribution < -0.4 is 5.32 Å². The minimum Gasteiger partial charge on any atom is -0.464 e. The zero-order chi connectivity index (χ0) is 15.6. The van der Waals surface area contributed by atoms with Crippen LogP contribution in [0.25, 0.3) is 0 Å². The van der Waals surface area contributed by atoms with Crippen LogP contribution in [0.2, 0.25) is 0 Å². The van der Waals surface area contributed by atoms with Gasteiger partial charge >= 0.3 is 0 Å². The summed E-state index contributed by atoms with van der Waals surface area (Å²) >= 11 is 0. The van der Waals surface area contributed by atoms with Crippen molar-refractivity contribution >= 4 is 11.8 Å². The number of rotatable bonds is 5. The van der Waals surface area contributed by atoms with Crippen LogP contribution in [0.4, 0.5) is 0 Å². The lowest BCUT2D eigenvalue weighted by Crippen LogP contribution is -2.35. The van der Waals surface area contributed by atoms with E-state index in [4.69, 9.17) is 4.42 Å². The van der Waals surface area contributed by atoms with Crippen molar-refractivity contribution in [1.82, 2.24) is 10.2 Å². The fourth-order valence-corrected chi connectivity index (χ4v) is 2.65. The van der Waals surface area contributed by atoms with Gasteiger partial charge in [-0.3, -0.25) is 9.59 Å². The molecule has 0 aromatic carbocycles. The van der Waals surface area contributed by atoms with Crippen molar-refractivity contribution < 1.29 is 14.0 Å². The molecule has 1 fully saturated rings. The molecule has 1 aliphatic rings. The normalized spacial score (nSPS) is 20.1. The molecule has 0 aliphatic carbocycles. The first-order valence-electron chi connectivity index (χ1n) is 7.51. The number of nitrogens with one attached hydrogen (secondary N) is 1. The number of carbonyl (C=O) groups is 2.